The smallest absolute Gasteiger partial charge is 0.226 e. The number of oxazole rings is 1. The third kappa shape index (κ3) is 4.03. The zero-order chi connectivity index (χ0) is 18.8. The number of halogens is 1. The average Bonchev–Trinajstić information content (AvgIpc) is 3.12. The quantitative estimate of drug-likeness (QED) is 0.685. The van der Waals surface area contributed by atoms with Crippen LogP contribution in [0.25, 0.3) is 11.5 Å². The Hall–Kier alpha value is -2.66. The first-order chi connectivity index (χ1) is 13.1. The van der Waals surface area contributed by atoms with Crippen molar-refractivity contribution in [2.24, 2.45) is 0 Å². The Balaban J connectivity index is 1.36. The molecular weight excluding hydrogens is 341 g/mol. The summed E-state index contributed by atoms with van der Waals surface area (Å²) in [5, 5.41) is 0. The van der Waals surface area contributed by atoms with Gasteiger partial charge in [0.05, 0.1) is 5.69 Å². The normalized spacial score (nSPS) is 15.3. The van der Waals surface area contributed by atoms with Crippen LogP contribution in [0.4, 0.5) is 10.1 Å². The molecule has 5 heteroatoms. The second-order valence-electron chi connectivity index (χ2n) is 7.20. The van der Waals surface area contributed by atoms with E-state index in [1.54, 1.807) is 18.4 Å². The third-order valence-corrected chi connectivity index (χ3v) is 5.09. The van der Waals surface area contributed by atoms with Crippen LogP contribution in [0.2, 0.25) is 0 Å². The molecular formula is C22H24FN3O. The van der Waals surface area contributed by atoms with Crippen molar-refractivity contribution in [1.29, 1.82) is 0 Å². The Bertz CT molecular complexity index is 912. The first-order valence-corrected chi connectivity index (χ1v) is 9.33. The lowest BCUT2D eigenvalue weighted by Crippen LogP contribution is -2.46. The topological polar surface area (TPSA) is 32.5 Å². The maximum atomic E-state index is 13.1. The highest BCUT2D eigenvalue weighted by atomic mass is 19.1. The number of anilines is 1. The van der Waals surface area contributed by atoms with Crippen LogP contribution in [-0.2, 0) is 6.54 Å². The van der Waals surface area contributed by atoms with Crippen molar-refractivity contribution in [1.82, 2.24) is 9.88 Å². The van der Waals surface area contributed by atoms with Gasteiger partial charge in [0.15, 0.2) is 0 Å². The van der Waals surface area contributed by atoms with E-state index in [4.69, 9.17) is 4.42 Å². The fourth-order valence-corrected chi connectivity index (χ4v) is 3.64. The molecule has 1 aliphatic heterocycles. The van der Waals surface area contributed by atoms with E-state index in [1.807, 2.05) is 0 Å². The van der Waals surface area contributed by atoms with Crippen molar-refractivity contribution < 1.29 is 8.81 Å². The molecule has 0 atom stereocenters. The van der Waals surface area contributed by atoms with Gasteiger partial charge in [-0.25, -0.2) is 9.37 Å². The largest absolute Gasteiger partial charge is 0.444 e. The third-order valence-electron chi connectivity index (χ3n) is 5.09. The van der Waals surface area contributed by atoms with Gasteiger partial charge in [-0.05, 0) is 49.7 Å². The van der Waals surface area contributed by atoms with Crippen LogP contribution >= 0.6 is 0 Å². The zero-order valence-corrected chi connectivity index (χ0v) is 15.8. The van der Waals surface area contributed by atoms with Crippen molar-refractivity contribution in [3.63, 3.8) is 0 Å². The summed E-state index contributed by atoms with van der Waals surface area (Å²) in [6.07, 6.45) is 1.70. The molecule has 1 aromatic heterocycles. The van der Waals surface area contributed by atoms with Crippen LogP contribution in [-0.4, -0.2) is 36.1 Å². The molecule has 0 spiro atoms. The molecule has 1 saturated heterocycles. The second-order valence-corrected chi connectivity index (χ2v) is 7.20. The van der Waals surface area contributed by atoms with E-state index in [9.17, 15) is 4.39 Å². The molecule has 0 radical (unpaired) electrons. The molecule has 1 fully saturated rings. The molecule has 2 aromatic carbocycles. The molecule has 0 amide bonds. The first-order valence-electron chi connectivity index (χ1n) is 9.33. The molecule has 2 heterocycles. The van der Waals surface area contributed by atoms with E-state index in [1.165, 1.54) is 28.9 Å². The van der Waals surface area contributed by atoms with Gasteiger partial charge in [0.25, 0.3) is 0 Å². The Morgan fingerprint density at radius 2 is 1.74 bits per heavy atom. The maximum absolute atomic E-state index is 13.1. The van der Waals surface area contributed by atoms with E-state index in [-0.39, 0.29) is 5.82 Å². The lowest BCUT2D eigenvalue weighted by Gasteiger charge is -2.36. The predicted octanol–water partition coefficient (Wildman–Crippen LogP) is 4.42. The summed E-state index contributed by atoms with van der Waals surface area (Å²) in [5.41, 5.74) is 5.68. The van der Waals surface area contributed by atoms with Gasteiger partial charge in [-0.2, -0.15) is 0 Å². The minimum absolute atomic E-state index is 0.257. The number of aromatic nitrogens is 1. The number of nitrogens with zero attached hydrogens (tertiary/aromatic N) is 3. The fraction of sp³-hybridized carbons (Fsp3) is 0.318. The molecule has 4 nitrogen and oxygen atoms in total. The highest BCUT2D eigenvalue weighted by Crippen LogP contribution is 2.23. The van der Waals surface area contributed by atoms with Crippen LogP contribution in [0, 0.1) is 19.7 Å². The monoisotopic (exact) mass is 365 g/mol. The van der Waals surface area contributed by atoms with E-state index in [0.717, 1.165) is 44.0 Å². The predicted molar refractivity (Wildman–Crippen MR) is 105 cm³/mol. The minimum atomic E-state index is -0.257. The molecule has 3 aromatic rings. The van der Waals surface area contributed by atoms with Gasteiger partial charge in [-0.15, -0.1) is 0 Å². The summed E-state index contributed by atoms with van der Waals surface area (Å²) in [4.78, 5) is 9.41. The highest BCUT2D eigenvalue weighted by molar-refractivity contribution is 5.55. The number of hydrogen-bond donors (Lipinski definition) is 0. The average molecular weight is 365 g/mol. The van der Waals surface area contributed by atoms with E-state index >= 15 is 0 Å². The summed E-state index contributed by atoms with van der Waals surface area (Å²) >= 11 is 0. The van der Waals surface area contributed by atoms with Gasteiger partial charge in [0, 0.05) is 44.0 Å². The SMILES string of the molecule is Cc1ccc(N2CCN(Cc3coc(-c4ccc(F)cc4)n3)CC2)c(C)c1. The Morgan fingerprint density at radius 3 is 2.44 bits per heavy atom. The van der Waals surface area contributed by atoms with Crippen molar-refractivity contribution in [3.05, 3.63) is 71.4 Å². The minimum Gasteiger partial charge on any atom is -0.444 e. The lowest BCUT2D eigenvalue weighted by molar-refractivity contribution is 0.247. The van der Waals surface area contributed by atoms with Gasteiger partial charge in [0.1, 0.15) is 12.1 Å². The van der Waals surface area contributed by atoms with Gasteiger partial charge in [-0.3, -0.25) is 4.90 Å². The maximum Gasteiger partial charge on any atom is 0.226 e. The molecule has 140 valence electrons. The van der Waals surface area contributed by atoms with Gasteiger partial charge >= 0.3 is 0 Å². The summed E-state index contributed by atoms with van der Waals surface area (Å²) in [7, 11) is 0. The number of rotatable bonds is 4. The summed E-state index contributed by atoms with van der Waals surface area (Å²) < 4.78 is 18.6. The van der Waals surface area contributed by atoms with Gasteiger partial charge in [-0.1, -0.05) is 17.7 Å². The van der Waals surface area contributed by atoms with E-state index < -0.39 is 0 Å². The molecule has 0 aliphatic carbocycles. The van der Waals surface area contributed by atoms with Crippen LogP contribution in [0.5, 0.6) is 0 Å². The second kappa shape index (κ2) is 7.53. The van der Waals surface area contributed by atoms with Gasteiger partial charge < -0.3 is 9.32 Å². The molecule has 0 saturated carbocycles. The van der Waals surface area contributed by atoms with Crippen molar-refractivity contribution in [2.75, 3.05) is 31.1 Å². The van der Waals surface area contributed by atoms with E-state index in [0.29, 0.717) is 5.89 Å². The van der Waals surface area contributed by atoms with Gasteiger partial charge in [0.2, 0.25) is 5.89 Å². The Morgan fingerprint density at radius 1 is 1.00 bits per heavy atom. The van der Waals surface area contributed by atoms with Crippen molar-refractivity contribution in [3.8, 4) is 11.5 Å². The summed E-state index contributed by atoms with van der Waals surface area (Å²) in [5.74, 6) is 0.283. The first kappa shape index (κ1) is 17.7. The Kier molecular flexibility index (Phi) is 4.94. The van der Waals surface area contributed by atoms with Crippen molar-refractivity contribution >= 4 is 5.69 Å². The molecule has 0 bridgehead atoms. The van der Waals surface area contributed by atoms with Crippen LogP contribution in [0.15, 0.2) is 53.1 Å². The molecule has 0 N–H and O–H groups in total. The number of aryl methyl sites for hydroxylation is 2. The molecule has 27 heavy (non-hydrogen) atoms. The number of hydrogen-bond acceptors (Lipinski definition) is 4. The summed E-state index contributed by atoms with van der Waals surface area (Å²) in [6.45, 7) is 9.08. The highest BCUT2D eigenvalue weighted by Gasteiger charge is 2.19. The molecule has 0 unspecified atom stereocenters. The standard InChI is InChI=1S/C22H24FN3O/c1-16-3-8-21(17(2)13-16)26-11-9-25(10-12-26)14-20-15-27-22(24-20)18-4-6-19(23)7-5-18/h3-8,13,15H,9-12,14H2,1-2H3. The lowest BCUT2D eigenvalue weighted by atomic mass is 10.1. The molecule has 4 rings (SSSR count). The number of piperazine rings is 1. The van der Waals surface area contributed by atoms with Crippen molar-refractivity contribution in [2.45, 2.75) is 20.4 Å². The zero-order valence-electron chi connectivity index (χ0n) is 15.8. The summed E-state index contributed by atoms with van der Waals surface area (Å²) in [6, 6.07) is 12.9. The van der Waals surface area contributed by atoms with Crippen LogP contribution in [0.1, 0.15) is 16.8 Å². The van der Waals surface area contributed by atoms with E-state index in [2.05, 4.69) is 46.8 Å². The van der Waals surface area contributed by atoms with Crippen LogP contribution in [0.3, 0.4) is 0 Å². The van der Waals surface area contributed by atoms with Crippen LogP contribution < -0.4 is 4.90 Å². The molecule has 1 aliphatic rings. The Labute approximate surface area is 159 Å². The fourth-order valence-electron chi connectivity index (χ4n) is 3.64. The number of benzene rings is 2.